The topological polar surface area (TPSA) is 42.1 Å². The number of benzene rings is 2. The van der Waals surface area contributed by atoms with Crippen molar-refractivity contribution in [2.75, 3.05) is 7.11 Å². The molecule has 0 atom stereocenters. The number of hydrogen-bond donors (Lipinski definition) is 1. The molecule has 1 N–H and O–H groups in total. The molecule has 0 aliphatic rings. The number of fused-ring (bicyclic) bond motifs is 1. The fourth-order valence-corrected chi connectivity index (χ4v) is 2.76. The molecule has 0 aliphatic heterocycles. The molecule has 21 heavy (non-hydrogen) atoms. The first kappa shape index (κ1) is 13.9. The molecular weight excluding hydrogens is 330 g/mol. The zero-order valence-corrected chi connectivity index (χ0v) is 13.3. The summed E-state index contributed by atoms with van der Waals surface area (Å²) in [6, 6.07) is 11.4. The van der Waals surface area contributed by atoms with E-state index < -0.39 is 0 Å². The molecule has 0 unspecified atom stereocenters. The fourth-order valence-electron chi connectivity index (χ4n) is 2.40. The van der Waals surface area contributed by atoms with Crippen LogP contribution in [0, 0.1) is 6.92 Å². The molecule has 0 radical (unpaired) electrons. The SMILES string of the molecule is COc1cc(C(=O)c2c[nH]c3ccc(Br)cc23)ccc1C. The van der Waals surface area contributed by atoms with E-state index in [4.69, 9.17) is 4.74 Å². The minimum Gasteiger partial charge on any atom is -0.496 e. The van der Waals surface area contributed by atoms with Gasteiger partial charge in [0.05, 0.1) is 7.11 Å². The quantitative estimate of drug-likeness (QED) is 0.712. The smallest absolute Gasteiger partial charge is 0.195 e. The van der Waals surface area contributed by atoms with Gasteiger partial charge in [-0.3, -0.25) is 4.79 Å². The van der Waals surface area contributed by atoms with Crippen molar-refractivity contribution in [3.8, 4) is 5.75 Å². The first-order chi connectivity index (χ1) is 10.1. The third-order valence-electron chi connectivity index (χ3n) is 3.56. The Morgan fingerprint density at radius 3 is 2.76 bits per heavy atom. The number of methoxy groups -OCH3 is 1. The number of hydrogen-bond acceptors (Lipinski definition) is 2. The van der Waals surface area contributed by atoms with Crippen LogP contribution in [0.4, 0.5) is 0 Å². The molecule has 0 fully saturated rings. The second kappa shape index (κ2) is 5.37. The molecule has 0 saturated heterocycles. The Morgan fingerprint density at radius 1 is 1.19 bits per heavy atom. The Bertz CT molecular complexity index is 836. The Labute approximate surface area is 131 Å². The van der Waals surface area contributed by atoms with Gasteiger partial charge in [0.15, 0.2) is 5.78 Å². The van der Waals surface area contributed by atoms with Gasteiger partial charge in [-0.1, -0.05) is 28.1 Å². The Morgan fingerprint density at radius 2 is 2.00 bits per heavy atom. The summed E-state index contributed by atoms with van der Waals surface area (Å²) in [4.78, 5) is 15.9. The maximum atomic E-state index is 12.7. The van der Waals surface area contributed by atoms with Crippen molar-refractivity contribution in [1.82, 2.24) is 4.98 Å². The van der Waals surface area contributed by atoms with Crippen LogP contribution in [0.3, 0.4) is 0 Å². The molecule has 4 heteroatoms. The highest BCUT2D eigenvalue weighted by molar-refractivity contribution is 9.10. The zero-order valence-electron chi connectivity index (χ0n) is 11.7. The first-order valence-corrected chi connectivity index (χ1v) is 7.35. The number of aryl methyl sites for hydroxylation is 1. The normalized spacial score (nSPS) is 10.8. The average molecular weight is 344 g/mol. The van der Waals surface area contributed by atoms with Gasteiger partial charge in [-0.2, -0.15) is 0 Å². The summed E-state index contributed by atoms with van der Waals surface area (Å²) in [5.41, 5.74) is 3.24. The molecule has 3 nitrogen and oxygen atoms in total. The molecule has 0 amide bonds. The molecular formula is C17H14BrNO2. The van der Waals surface area contributed by atoms with Gasteiger partial charge < -0.3 is 9.72 Å². The van der Waals surface area contributed by atoms with Crippen LogP contribution in [0.1, 0.15) is 21.5 Å². The molecule has 0 spiro atoms. The highest BCUT2D eigenvalue weighted by Gasteiger charge is 2.15. The van der Waals surface area contributed by atoms with Gasteiger partial charge in [0, 0.05) is 32.7 Å². The lowest BCUT2D eigenvalue weighted by Crippen LogP contribution is -2.01. The largest absolute Gasteiger partial charge is 0.496 e. The number of carbonyl (C=O) groups is 1. The summed E-state index contributed by atoms with van der Waals surface area (Å²) < 4.78 is 6.24. The van der Waals surface area contributed by atoms with E-state index >= 15 is 0 Å². The van der Waals surface area contributed by atoms with Crippen LogP contribution < -0.4 is 4.74 Å². The minimum atomic E-state index is -0.0161. The molecule has 0 saturated carbocycles. The van der Waals surface area contributed by atoms with Gasteiger partial charge in [0.1, 0.15) is 5.75 Å². The second-order valence-electron chi connectivity index (χ2n) is 4.91. The summed E-state index contributed by atoms with van der Waals surface area (Å²) in [7, 11) is 1.61. The number of carbonyl (C=O) groups excluding carboxylic acids is 1. The number of aromatic nitrogens is 1. The number of aromatic amines is 1. The Balaban J connectivity index is 2.10. The van der Waals surface area contributed by atoms with E-state index in [2.05, 4.69) is 20.9 Å². The molecule has 0 bridgehead atoms. The summed E-state index contributed by atoms with van der Waals surface area (Å²) >= 11 is 3.44. The maximum absolute atomic E-state index is 12.7. The summed E-state index contributed by atoms with van der Waals surface area (Å²) in [6.45, 7) is 1.95. The van der Waals surface area contributed by atoms with Crippen molar-refractivity contribution in [2.45, 2.75) is 6.92 Å². The number of halogens is 1. The van der Waals surface area contributed by atoms with Gasteiger partial charge in [-0.05, 0) is 36.8 Å². The lowest BCUT2D eigenvalue weighted by atomic mass is 10.0. The van der Waals surface area contributed by atoms with E-state index in [1.54, 1.807) is 19.4 Å². The minimum absolute atomic E-state index is 0.0161. The van der Waals surface area contributed by atoms with E-state index in [0.717, 1.165) is 26.7 Å². The van der Waals surface area contributed by atoms with Crippen molar-refractivity contribution in [1.29, 1.82) is 0 Å². The van der Waals surface area contributed by atoms with Crippen LogP contribution in [0.5, 0.6) is 5.75 Å². The van der Waals surface area contributed by atoms with Gasteiger partial charge in [-0.25, -0.2) is 0 Å². The molecule has 2 aromatic carbocycles. The van der Waals surface area contributed by atoms with Crippen molar-refractivity contribution >= 4 is 32.6 Å². The van der Waals surface area contributed by atoms with Gasteiger partial charge in [-0.15, -0.1) is 0 Å². The molecule has 1 heterocycles. The van der Waals surface area contributed by atoms with Gasteiger partial charge in [0.25, 0.3) is 0 Å². The number of nitrogens with one attached hydrogen (secondary N) is 1. The van der Waals surface area contributed by atoms with Gasteiger partial charge >= 0.3 is 0 Å². The predicted molar refractivity (Wildman–Crippen MR) is 87.2 cm³/mol. The van der Waals surface area contributed by atoms with E-state index in [0.29, 0.717) is 11.1 Å². The molecule has 0 aliphatic carbocycles. The van der Waals surface area contributed by atoms with E-state index in [-0.39, 0.29) is 5.78 Å². The third kappa shape index (κ3) is 2.47. The van der Waals surface area contributed by atoms with Crippen LogP contribution in [-0.2, 0) is 0 Å². The molecule has 3 aromatic rings. The van der Waals surface area contributed by atoms with Crippen LogP contribution in [0.25, 0.3) is 10.9 Å². The van der Waals surface area contributed by atoms with Crippen molar-refractivity contribution in [2.24, 2.45) is 0 Å². The third-order valence-corrected chi connectivity index (χ3v) is 4.05. The first-order valence-electron chi connectivity index (χ1n) is 6.56. The number of ketones is 1. The van der Waals surface area contributed by atoms with Crippen LogP contribution in [-0.4, -0.2) is 17.9 Å². The van der Waals surface area contributed by atoms with Gasteiger partial charge in [0.2, 0.25) is 0 Å². The monoisotopic (exact) mass is 343 g/mol. The lowest BCUT2D eigenvalue weighted by Gasteiger charge is -2.07. The average Bonchev–Trinajstić information content (AvgIpc) is 2.90. The predicted octanol–water partition coefficient (Wildman–Crippen LogP) is 4.48. The summed E-state index contributed by atoms with van der Waals surface area (Å²) in [5, 5.41) is 0.911. The Hall–Kier alpha value is -2.07. The fraction of sp³-hybridized carbons (Fsp3) is 0.118. The second-order valence-corrected chi connectivity index (χ2v) is 5.82. The summed E-state index contributed by atoms with van der Waals surface area (Å²) in [6.07, 6.45) is 1.76. The van der Waals surface area contributed by atoms with Crippen molar-refractivity contribution < 1.29 is 9.53 Å². The highest BCUT2D eigenvalue weighted by Crippen LogP contribution is 2.26. The zero-order chi connectivity index (χ0) is 15.0. The molecule has 3 rings (SSSR count). The Kier molecular flexibility index (Phi) is 3.55. The number of H-pyrrole nitrogens is 1. The van der Waals surface area contributed by atoms with Crippen molar-refractivity contribution in [3.05, 3.63) is 63.8 Å². The summed E-state index contributed by atoms with van der Waals surface area (Å²) in [5.74, 6) is 0.708. The van der Waals surface area contributed by atoms with E-state index in [1.807, 2.05) is 37.3 Å². The molecule has 1 aromatic heterocycles. The van der Waals surface area contributed by atoms with E-state index in [1.165, 1.54) is 0 Å². The van der Waals surface area contributed by atoms with E-state index in [9.17, 15) is 4.79 Å². The van der Waals surface area contributed by atoms with Crippen LogP contribution in [0.2, 0.25) is 0 Å². The van der Waals surface area contributed by atoms with Crippen LogP contribution >= 0.6 is 15.9 Å². The number of ether oxygens (including phenoxy) is 1. The maximum Gasteiger partial charge on any atom is 0.195 e. The standard InChI is InChI=1S/C17H14BrNO2/c1-10-3-4-11(7-16(10)21-2)17(20)14-9-19-15-6-5-12(18)8-13(14)15/h3-9,19H,1-2H3. The highest BCUT2D eigenvalue weighted by atomic mass is 79.9. The lowest BCUT2D eigenvalue weighted by molar-refractivity contribution is 0.104. The number of rotatable bonds is 3. The molecule has 106 valence electrons. The van der Waals surface area contributed by atoms with Crippen molar-refractivity contribution in [3.63, 3.8) is 0 Å². The van der Waals surface area contributed by atoms with Crippen LogP contribution in [0.15, 0.2) is 47.1 Å².